The number of piperidine rings is 1. The smallest absolute Gasteiger partial charge is 0.253 e. The summed E-state index contributed by atoms with van der Waals surface area (Å²) in [5.74, 6) is 1.02. The van der Waals surface area contributed by atoms with Crippen molar-refractivity contribution in [1.82, 2.24) is 4.90 Å². The molecule has 1 aliphatic heterocycles. The van der Waals surface area contributed by atoms with Gasteiger partial charge in [0, 0.05) is 23.1 Å². The number of halogens is 2. The Morgan fingerprint density at radius 2 is 2.32 bits per heavy atom. The summed E-state index contributed by atoms with van der Waals surface area (Å²) in [6.07, 6.45) is 1.01. The highest BCUT2D eigenvalue weighted by Gasteiger charge is 2.28. The summed E-state index contributed by atoms with van der Waals surface area (Å²) >= 11 is 9.37. The summed E-state index contributed by atoms with van der Waals surface area (Å²) in [6, 6.07) is 5.32. The van der Waals surface area contributed by atoms with Crippen molar-refractivity contribution in [1.29, 1.82) is 0 Å². The van der Waals surface area contributed by atoms with Gasteiger partial charge in [-0.25, -0.2) is 0 Å². The highest BCUT2D eigenvalue weighted by molar-refractivity contribution is 9.10. The van der Waals surface area contributed by atoms with E-state index in [2.05, 4.69) is 22.9 Å². The molecule has 2 unspecified atom stereocenters. The number of nitrogens with two attached hydrogens (primary N) is 1. The lowest BCUT2D eigenvalue weighted by Crippen LogP contribution is -2.45. The third-order valence-electron chi connectivity index (χ3n) is 3.87. The van der Waals surface area contributed by atoms with Crippen LogP contribution in [0.3, 0.4) is 0 Å². The van der Waals surface area contributed by atoms with Crippen molar-refractivity contribution < 1.29 is 4.79 Å². The number of carbonyl (C=O) groups excluding carboxylic acids is 1. The zero-order valence-corrected chi connectivity index (χ0v) is 13.2. The number of nitrogens with zero attached hydrogens (tertiary/aromatic N) is 1. The highest BCUT2D eigenvalue weighted by Crippen LogP contribution is 2.26. The highest BCUT2D eigenvalue weighted by atomic mass is 79.9. The standard InChI is InChI=1S/C14H18BrClN2O/c1-9-4-5-18(8-11(9)7-17)14(19)10-2-3-12(15)13(16)6-10/h2-3,6,9,11H,4-5,7-8,17H2,1H3. The second kappa shape index (κ2) is 6.25. The summed E-state index contributed by atoms with van der Waals surface area (Å²) in [5.41, 5.74) is 6.41. The van der Waals surface area contributed by atoms with E-state index in [9.17, 15) is 4.79 Å². The lowest BCUT2D eigenvalue weighted by molar-refractivity contribution is 0.0618. The Morgan fingerprint density at radius 3 is 2.95 bits per heavy atom. The normalized spacial score (nSPS) is 23.5. The van der Waals surface area contributed by atoms with Gasteiger partial charge in [-0.2, -0.15) is 0 Å². The van der Waals surface area contributed by atoms with E-state index in [-0.39, 0.29) is 5.91 Å². The van der Waals surface area contributed by atoms with Crippen molar-refractivity contribution in [3.63, 3.8) is 0 Å². The van der Waals surface area contributed by atoms with Crippen molar-refractivity contribution in [2.24, 2.45) is 17.6 Å². The Labute approximate surface area is 127 Å². The quantitative estimate of drug-likeness (QED) is 0.895. The van der Waals surface area contributed by atoms with Gasteiger partial charge >= 0.3 is 0 Å². The molecule has 0 saturated carbocycles. The van der Waals surface area contributed by atoms with Crippen LogP contribution in [0.1, 0.15) is 23.7 Å². The predicted octanol–water partition coefficient (Wildman–Crippen LogP) is 3.16. The van der Waals surface area contributed by atoms with Crippen molar-refractivity contribution in [3.8, 4) is 0 Å². The van der Waals surface area contributed by atoms with E-state index in [1.165, 1.54) is 0 Å². The summed E-state index contributed by atoms with van der Waals surface area (Å²) < 4.78 is 0.804. The van der Waals surface area contributed by atoms with Crippen LogP contribution < -0.4 is 5.73 Å². The van der Waals surface area contributed by atoms with Gasteiger partial charge in [-0.15, -0.1) is 0 Å². The average molecular weight is 346 g/mol. The molecule has 104 valence electrons. The van der Waals surface area contributed by atoms with Gasteiger partial charge in [0.25, 0.3) is 5.91 Å². The first-order valence-electron chi connectivity index (χ1n) is 6.47. The minimum atomic E-state index is 0.0414. The molecule has 1 aromatic carbocycles. The minimum absolute atomic E-state index is 0.0414. The number of rotatable bonds is 2. The number of carbonyl (C=O) groups is 1. The molecule has 0 spiro atoms. The van der Waals surface area contributed by atoms with Crippen molar-refractivity contribution in [2.75, 3.05) is 19.6 Å². The third-order valence-corrected chi connectivity index (χ3v) is 5.10. The van der Waals surface area contributed by atoms with E-state index in [1.807, 2.05) is 11.0 Å². The SMILES string of the molecule is CC1CCN(C(=O)c2ccc(Br)c(Cl)c2)CC1CN. The summed E-state index contributed by atoms with van der Waals surface area (Å²) in [4.78, 5) is 14.3. The molecule has 1 aromatic rings. The predicted molar refractivity (Wildman–Crippen MR) is 81.4 cm³/mol. The van der Waals surface area contributed by atoms with Gasteiger partial charge in [-0.3, -0.25) is 4.79 Å². The van der Waals surface area contributed by atoms with Gasteiger partial charge in [0.15, 0.2) is 0 Å². The Balaban J connectivity index is 2.13. The molecule has 2 atom stereocenters. The van der Waals surface area contributed by atoms with Crippen LogP contribution in [0, 0.1) is 11.8 Å². The maximum atomic E-state index is 12.4. The molecular formula is C14H18BrClN2O. The number of amides is 1. The molecule has 1 saturated heterocycles. The number of hydrogen-bond acceptors (Lipinski definition) is 2. The van der Waals surface area contributed by atoms with Gasteiger partial charge < -0.3 is 10.6 Å². The van der Waals surface area contributed by atoms with E-state index in [1.54, 1.807) is 12.1 Å². The molecule has 0 radical (unpaired) electrons. The van der Waals surface area contributed by atoms with Gasteiger partial charge in [0.05, 0.1) is 5.02 Å². The number of likely N-dealkylation sites (tertiary alicyclic amines) is 1. The molecule has 0 aromatic heterocycles. The van der Waals surface area contributed by atoms with Crippen molar-refractivity contribution in [2.45, 2.75) is 13.3 Å². The fourth-order valence-electron chi connectivity index (χ4n) is 2.45. The van der Waals surface area contributed by atoms with Crippen molar-refractivity contribution in [3.05, 3.63) is 33.3 Å². The number of benzene rings is 1. The average Bonchev–Trinajstić information content (AvgIpc) is 2.41. The second-order valence-electron chi connectivity index (χ2n) is 5.14. The van der Waals surface area contributed by atoms with Crippen LogP contribution in [0.15, 0.2) is 22.7 Å². The van der Waals surface area contributed by atoms with Gasteiger partial charge in [0.1, 0.15) is 0 Å². The van der Waals surface area contributed by atoms with Crippen LogP contribution in [0.5, 0.6) is 0 Å². The monoisotopic (exact) mass is 344 g/mol. The van der Waals surface area contributed by atoms with E-state index in [4.69, 9.17) is 17.3 Å². The molecule has 5 heteroatoms. The first-order chi connectivity index (χ1) is 9.02. The third kappa shape index (κ3) is 3.30. The Bertz CT molecular complexity index is 481. The molecule has 0 bridgehead atoms. The zero-order chi connectivity index (χ0) is 14.0. The molecule has 2 rings (SSSR count). The Kier molecular flexibility index (Phi) is 4.87. The lowest BCUT2D eigenvalue weighted by Gasteiger charge is -2.36. The largest absolute Gasteiger partial charge is 0.338 e. The topological polar surface area (TPSA) is 46.3 Å². The molecule has 19 heavy (non-hydrogen) atoms. The van der Waals surface area contributed by atoms with Gasteiger partial charge in [-0.05, 0) is 58.9 Å². The van der Waals surface area contributed by atoms with Crippen LogP contribution in [-0.4, -0.2) is 30.4 Å². The molecular weight excluding hydrogens is 328 g/mol. The number of hydrogen-bond donors (Lipinski definition) is 1. The van der Waals surface area contributed by atoms with E-state index in [0.29, 0.717) is 29.0 Å². The zero-order valence-electron chi connectivity index (χ0n) is 10.9. The molecule has 1 aliphatic rings. The molecule has 1 amide bonds. The van der Waals surface area contributed by atoms with Crippen LogP contribution in [0.25, 0.3) is 0 Å². The van der Waals surface area contributed by atoms with E-state index in [0.717, 1.165) is 24.0 Å². The fraction of sp³-hybridized carbons (Fsp3) is 0.500. The molecule has 1 fully saturated rings. The summed E-state index contributed by atoms with van der Waals surface area (Å²) in [7, 11) is 0. The maximum Gasteiger partial charge on any atom is 0.253 e. The van der Waals surface area contributed by atoms with Crippen LogP contribution in [-0.2, 0) is 0 Å². The van der Waals surface area contributed by atoms with E-state index >= 15 is 0 Å². The van der Waals surface area contributed by atoms with Crippen molar-refractivity contribution >= 4 is 33.4 Å². The minimum Gasteiger partial charge on any atom is -0.338 e. The first kappa shape index (κ1) is 14.8. The molecule has 3 nitrogen and oxygen atoms in total. The Morgan fingerprint density at radius 1 is 1.58 bits per heavy atom. The summed E-state index contributed by atoms with van der Waals surface area (Å²) in [5, 5.41) is 0.562. The molecule has 1 heterocycles. The maximum absolute atomic E-state index is 12.4. The van der Waals surface area contributed by atoms with E-state index < -0.39 is 0 Å². The molecule has 0 aliphatic carbocycles. The van der Waals surface area contributed by atoms with Crippen LogP contribution in [0.2, 0.25) is 5.02 Å². The van der Waals surface area contributed by atoms with Crippen LogP contribution in [0.4, 0.5) is 0 Å². The first-order valence-corrected chi connectivity index (χ1v) is 7.64. The molecule has 2 N–H and O–H groups in total. The van der Waals surface area contributed by atoms with Crippen LogP contribution >= 0.6 is 27.5 Å². The van der Waals surface area contributed by atoms with Gasteiger partial charge in [0.2, 0.25) is 0 Å². The summed E-state index contributed by atoms with van der Waals surface area (Å²) in [6.45, 7) is 4.37. The lowest BCUT2D eigenvalue weighted by atomic mass is 9.87. The second-order valence-corrected chi connectivity index (χ2v) is 6.40. The van der Waals surface area contributed by atoms with Gasteiger partial charge in [-0.1, -0.05) is 18.5 Å². The Hall–Kier alpha value is -0.580. The fourth-order valence-corrected chi connectivity index (χ4v) is 2.88.